The van der Waals surface area contributed by atoms with Crippen LogP contribution in [0, 0.1) is 0 Å². The third-order valence-electron chi connectivity index (χ3n) is 2.86. The van der Waals surface area contributed by atoms with Gasteiger partial charge < -0.3 is 4.74 Å². The minimum atomic E-state index is 0.0420. The minimum absolute atomic E-state index is 0.0420. The number of carbonyl (C=O) groups excluding carboxylic acids is 1. The summed E-state index contributed by atoms with van der Waals surface area (Å²) < 4.78 is 5.61. The van der Waals surface area contributed by atoms with Crippen molar-refractivity contribution in [2.45, 2.75) is 40.0 Å². The lowest BCUT2D eigenvalue weighted by molar-refractivity contribution is 0.104. The van der Waals surface area contributed by atoms with E-state index in [0.29, 0.717) is 17.9 Å². The van der Waals surface area contributed by atoms with Crippen molar-refractivity contribution in [3.63, 3.8) is 0 Å². The van der Waals surface area contributed by atoms with E-state index in [4.69, 9.17) is 4.74 Å². The van der Waals surface area contributed by atoms with Gasteiger partial charge in [-0.15, -0.1) is 0 Å². The van der Waals surface area contributed by atoms with Crippen molar-refractivity contribution in [2.75, 3.05) is 6.61 Å². The van der Waals surface area contributed by atoms with Gasteiger partial charge in [-0.3, -0.25) is 4.79 Å². The fourth-order valence-electron chi connectivity index (χ4n) is 1.73. The molecule has 0 aliphatic heterocycles. The lowest BCUT2D eigenvalue weighted by atomic mass is 10.0. The summed E-state index contributed by atoms with van der Waals surface area (Å²) in [5.74, 6) is 0.729. The van der Waals surface area contributed by atoms with Crippen molar-refractivity contribution in [1.29, 1.82) is 0 Å². The molecule has 18 heavy (non-hydrogen) atoms. The highest BCUT2D eigenvalue weighted by molar-refractivity contribution is 6.06. The Hall–Kier alpha value is -1.57. The van der Waals surface area contributed by atoms with Crippen LogP contribution < -0.4 is 4.74 Å². The van der Waals surface area contributed by atoms with Gasteiger partial charge in [-0.25, -0.2) is 0 Å². The molecule has 1 rings (SSSR count). The smallest absolute Gasteiger partial charge is 0.189 e. The van der Waals surface area contributed by atoms with Gasteiger partial charge in [0.2, 0.25) is 0 Å². The number of hydrogen-bond acceptors (Lipinski definition) is 2. The summed E-state index contributed by atoms with van der Waals surface area (Å²) in [5, 5.41) is 0. The summed E-state index contributed by atoms with van der Waals surface area (Å²) in [6.07, 6.45) is 4.52. The Morgan fingerprint density at radius 3 is 2.44 bits per heavy atom. The van der Waals surface area contributed by atoms with E-state index < -0.39 is 0 Å². The Labute approximate surface area is 110 Å². The van der Waals surface area contributed by atoms with Crippen molar-refractivity contribution in [1.82, 2.24) is 0 Å². The number of rotatable bonds is 7. The highest BCUT2D eigenvalue weighted by Gasteiger charge is 2.10. The van der Waals surface area contributed by atoms with Crippen molar-refractivity contribution < 1.29 is 9.53 Å². The van der Waals surface area contributed by atoms with Gasteiger partial charge in [-0.05, 0) is 37.5 Å². The van der Waals surface area contributed by atoms with Crippen LogP contribution in [0.15, 0.2) is 35.9 Å². The first-order valence-electron chi connectivity index (χ1n) is 6.68. The molecule has 0 bridgehead atoms. The maximum atomic E-state index is 12.2. The molecule has 0 spiro atoms. The number of ether oxygens (including phenoxy) is 1. The first kappa shape index (κ1) is 14.5. The number of hydrogen-bond donors (Lipinski definition) is 0. The monoisotopic (exact) mass is 246 g/mol. The van der Waals surface area contributed by atoms with E-state index in [-0.39, 0.29) is 5.78 Å². The Bertz CT molecular complexity index is 413. The van der Waals surface area contributed by atoms with E-state index in [1.807, 2.05) is 24.3 Å². The third kappa shape index (κ3) is 4.02. The van der Waals surface area contributed by atoms with Crippen LogP contribution in [-0.4, -0.2) is 12.4 Å². The van der Waals surface area contributed by atoms with Crippen molar-refractivity contribution in [2.24, 2.45) is 0 Å². The van der Waals surface area contributed by atoms with Crippen molar-refractivity contribution in [3.05, 3.63) is 41.5 Å². The van der Waals surface area contributed by atoms with E-state index in [0.717, 1.165) is 19.3 Å². The molecule has 0 unspecified atom stereocenters. The van der Waals surface area contributed by atoms with Gasteiger partial charge in [-0.2, -0.15) is 0 Å². The van der Waals surface area contributed by atoms with Crippen LogP contribution >= 0.6 is 0 Å². The summed E-state index contributed by atoms with van der Waals surface area (Å²) in [6.45, 7) is 6.84. The first-order valence-corrected chi connectivity index (χ1v) is 6.68. The molecule has 0 atom stereocenters. The van der Waals surface area contributed by atoms with E-state index in [9.17, 15) is 4.79 Å². The standard InChI is InChI=1S/C16H22O2/c1-4-11-18-16-10-8-7-9-14(16)15(17)12-13(5-2)6-3/h7-10,12H,4-6,11H2,1-3H3. The number of ketones is 1. The Morgan fingerprint density at radius 1 is 1.17 bits per heavy atom. The summed E-state index contributed by atoms with van der Waals surface area (Å²) in [7, 11) is 0. The second-order valence-corrected chi connectivity index (χ2v) is 4.22. The lowest BCUT2D eigenvalue weighted by Crippen LogP contribution is -2.03. The summed E-state index contributed by atoms with van der Waals surface area (Å²) in [6, 6.07) is 7.45. The maximum Gasteiger partial charge on any atom is 0.189 e. The molecule has 0 heterocycles. The molecule has 1 aromatic carbocycles. The van der Waals surface area contributed by atoms with Crippen LogP contribution in [0.3, 0.4) is 0 Å². The summed E-state index contributed by atoms with van der Waals surface area (Å²) >= 11 is 0. The van der Waals surface area contributed by atoms with Gasteiger partial charge in [0, 0.05) is 0 Å². The molecule has 0 amide bonds. The molecular formula is C16H22O2. The van der Waals surface area contributed by atoms with Gasteiger partial charge in [0.15, 0.2) is 5.78 Å². The normalized spacial score (nSPS) is 9.94. The predicted molar refractivity (Wildman–Crippen MR) is 75.2 cm³/mol. The second-order valence-electron chi connectivity index (χ2n) is 4.22. The minimum Gasteiger partial charge on any atom is -0.493 e. The molecule has 0 aliphatic rings. The van der Waals surface area contributed by atoms with Gasteiger partial charge in [0.05, 0.1) is 12.2 Å². The van der Waals surface area contributed by atoms with E-state index in [1.165, 1.54) is 5.57 Å². The van der Waals surface area contributed by atoms with Crippen LogP contribution in [0.25, 0.3) is 0 Å². The fraction of sp³-hybridized carbons (Fsp3) is 0.438. The van der Waals surface area contributed by atoms with E-state index in [2.05, 4.69) is 20.8 Å². The van der Waals surface area contributed by atoms with Gasteiger partial charge in [0.1, 0.15) is 5.75 Å². The second kappa shape index (κ2) is 7.70. The van der Waals surface area contributed by atoms with Crippen LogP contribution in [0.4, 0.5) is 0 Å². The van der Waals surface area contributed by atoms with Crippen LogP contribution in [0.5, 0.6) is 5.75 Å². The number of para-hydroxylation sites is 1. The summed E-state index contributed by atoms with van der Waals surface area (Å²) in [4.78, 5) is 12.2. The Morgan fingerprint density at radius 2 is 1.83 bits per heavy atom. The molecule has 0 fully saturated rings. The largest absolute Gasteiger partial charge is 0.493 e. The zero-order valence-corrected chi connectivity index (χ0v) is 11.5. The van der Waals surface area contributed by atoms with Gasteiger partial charge >= 0.3 is 0 Å². The topological polar surface area (TPSA) is 26.3 Å². The average Bonchev–Trinajstić information content (AvgIpc) is 2.42. The number of benzene rings is 1. The number of carbonyl (C=O) groups is 1. The predicted octanol–water partition coefficient (Wildman–Crippen LogP) is 4.40. The molecular weight excluding hydrogens is 224 g/mol. The molecule has 0 radical (unpaired) electrons. The van der Waals surface area contributed by atoms with Crippen LogP contribution in [-0.2, 0) is 0 Å². The van der Waals surface area contributed by atoms with E-state index in [1.54, 1.807) is 6.08 Å². The Kier molecular flexibility index (Phi) is 6.20. The highest BCUT2D eigenvalue weighted by Crippen LogP contribution is 2.20. The maximum absolute atomic E-state index is 12.2. The first-order chi connectivity index (χ1) is 8.72. The zero-order chi connectivity index (χ0) is 13.4. The molecule has 0 aliphatic carbocycles. The molecule has 1 aromatic rings. The van der Waals surface area contributed by atoms with Crippen LogP contribution in [0.1, 0.15) is 50.4 Å². The number of allylic oxidation sites excluding steroid dienone is 2. The third-order valence-corrected chi connectivity index (χ3v) is 2.86. The lowest BCUT2D eigenvalue weighted by Gasteiger charge is -2.09. The van der Waals surface area contributed by atoms with Crippen molar-refractivity contribution >= 4 is 5.78 Å². The SMILES string of the molecule is CCCOc1ccccc1C(=O)C=C(CC)CC. The fourth-order valence-corrected chi connectivity index (χ4v) is 1.73. The summed E-state index contributed by atoms with van der Waals surface area (Å²) in [5.41, 5.74) is 1.83. The Balaban J connectivity index is 2.94. The van der Waals surface area contributed by atoms with E-state index >= 15 is 0 Å². The zero-order valence-electron chi connectivity index (χ0n) is 11.5. The molecule has 2 heteroatoms. The molecule has 2 nitrogen and oxygen atoms in total. The van der Waals surface area contributed by atoms with Gasteiger partial charge in [0.25, 0.3) is 0 Å². The van der Waals surface area contributed by atoms with Gasteiger partial charge in [-0.1, -0.05) is 38.5 Å². The quantitative estimate of drug-likeness (QED) is 0.526. The molecule has 0 saturated heterocycles. The molecule has 0 aromatic heterocycles. The van der Waals surface area contributed by atoms with Crippen molar-refractivity contribution in [3.8, 4) is 5.75 Å². The van der Waals surface area contributed by atoms with Crippen LogP contribution in [0.2, 0.25) is 0 Å². The molecule has 0 N–H and O–H groups in total. The average molecular weight is 246 g/mol. The molecule has 0 saturated carbocycles. The molecule has 98 valence electrons. The highest BCUT2D eigenvalue weighted by atomic mass is 16.5.